The molecule has 2 unspecified atom stereocenters. The Kier molecular flexibility index (Phi) is 4.71. The van der Waals surface area contributed by atoms with Crippen molar-refractivity contribution in [3.63, 3.8) is 0 Å². The molecule has 0 aromatic heterocycles. The fourth-order valence-electron chi connectivity index (χ4n) is 2.34. The maximum Gasteiger partial charge on any atom is 0.170 e. The Morgan fingerprint density at radius 3 is 3.05 bits per heavy atom. The molecule has 5 heteroatoms. The van der Waals surface area contributed by atoms with Crippen molar-refractivity contribution in [3.8, 4) is 0 Å². The molecule has 0 spiro atoms. The van der Waals surface area contributed by atoms with Gasteiger partial charge < -0.3 is 10.9 Å². The Labute approximate surface area is 118 Å². The summed E-state index contributed by atoms with van der Waals surface area (Å²) in [6.07, 6.45) is 0. The van der Waals surface area contributed by atoms with Crippen molar-refractivity contribution in [2.75, 3.05) is 12.3 Å². The maximum absolute atomic E-state index is 8.73. The minimum absolute atomic E-state index is 0.164. The molecule has 1 aliphatic heterocycles. The van der Waals surface area contributed by atoms with E-state index in [0.29, 0.717) is 11.3 Å². The van der Waals surface area contributed by atoms with Gasteiger partial charge in [0.2, 0.25) is 0 Å². The Balaban J connectivity index is 2.10. The summed E-state index contributed by atoms with van der Waals surface area (Å²) in [5.74, 6) is 1.35. The molecule has 0 saturated carbocycles. The fraction of sp³-hybridized carbons (Fsp3) is 0.500. The van der Waals surface area contributed by atoms with Crippen LogP contribution >= 0.6 is 11.8 Å². The number of nitrogens with two attached hydrogens (primary N) is 1. The van der Waals surface area contributed by atoms with Crippen LogP contribution < -0.4 is 5.73 Å². The third kappa shape index (κ3) is 3.42. The van der Waals surface area contributed by atoms with Crippen molar-refractivity contribution in [1.29, 1.82) is 0 Å². The van der Waals surface area contributed by atoms with E-state index < -0.39 is 0 Å². The number of benzene rings is 1. The van der Waals surface area contributed by atoms with Crippen molar-refractivity contribution < 1.29 is 5.21 Å². The second kappa shape index (κ2) is 6.30. The zero-order valence-electron chi connectivity index (χ0n) is 11.4. The van der Waals surface area contributed by atoms with Gasteiger partial charge in [0.15, 0.2) is 5.84 Å². The van der Waals surface area contributed by atoms with Crippen molar-refractivity contribution >= 4 is 17.6 Å². The molecule has 1 heterocycles. The van der Waals surface area contributed by atoms with E-state index in [1.165, 1.54) is 11.3 Å². The van der Waals surface area contributed by atoms with Crippen molar-refractivity contribution in [2.24, 2.45) is 10.9 Å². The molecule has 1 fully saturated rings. The second-order valence-corrected chi connectivity index (χ2v) is 6.46. The summed E-state index contributed by atoms with van der Waals surface area (Å²) >= 11 is 2.04. The molecule has 104 valence electrons. The van der Waals surface area contributed by atoms with Crippen molar-refractivity contribution in [2.45, 2.75) is 31.7 Å². The number of hydrogen-bond donors (Lipinski definition) is 2. The van der Waals surface area contributed by atoms with Crippen LogP contribution in [0, 0.1) is 0 Å². The van der Waals surface area contributed by atoms with Crippen LogP contribution in [-0.2, 0) is 6.54 Å². The highest BCUT2D eigenvalue weighted by molar-refractivity contribution is 8.00. The predicted octanol–water partition coefficient (Wildman–Crippen LogP) is 2.11. The third-order valence-electron chi connectivity index (χ3n) is 3.73. The van der Waals surface area contributed by atoms with Crippen LogP contribution in [0.15, 0.2) is 29.4 Å². The largest absolute Gasteiger partial charge is 0.409 e. The molecule has 19 heavy (non-hydrogen) atoms. The molecule has 0 radical (unpaired) electrons. The van der Waals surface area contributed by atoms with Gasteiger partial charge in [0, 0.05) is 35.7 Å². The van der Waals surface area contributed by atoms with Gasteiger partial charge in [0.1, 0.15) is 0 Å². The lowest BCUT2D eigenvalue weighted by molar-refractivity contribution is 0.204. The summed E-state index contributed by atoms with van der Waals surface area (Å²) in [5, 5.41) is 12.4. The van der Waals surface area contributed by atoms with Gasteiger partial charge in [-0.2, -0.15) is 11.8 Å². The van der Waals surface area contributed by atoms with Crippen molar-refractivity contribution in [3.05, 3.63) is 35.4 Å². The van der Waals surface area contributed by atoms with Crippen LogP contribution in [0.3, 0.4) is 0 Å². The molecule has 1 aromatic rings. The number of rotatable bonds is 3. The highest BCUT2D eigenvalue weighted by atomic mass is 32.2. The first-order chi connectivity index (χ1) is 9.11. The standard InChI is InChI=1S/C14H21N3OS/c1-10-11(2)19-7-6-17(10)9-12-4-3-5-13(8-12)14(15)16-18/h3-5,8,10-11,18H,6-7,9H2,1-2H3,(H2,15,16). The highest BCUT2D eigenvalue weighted by Gasteiger charge is 2.24. The molecule has 2 atom stereocenters. The van der Waals surface area contributed by atoms with Gasteiger partial charge in [-0.25, -0.2) is 0 Å². The van der Waals surface area contributed by atoms with Gasteiger partial charge in [0.25, 0.3) is 0 Å². The smallest absolute Gasteiger partial charge is 0.170 e. The molecule has 0 aliphatic carbocycles. The van der Waals surface area contributed by atoms with Crippen LogP contribution in [0.4, 0.5) is 0 Å². The Morgan fingerprint density at radius 1 is 1.53 bits per heavy atom. The third-order valence-corrected chi connectivity index (χ3v) is 5.07. The molecule has 3 N–H and O–H groups in total. The monoisotopic (exact) mass is 279 g/mol. The molecular weight excluding hydrogens is 258 g/mol. The van der Waals surface area contributed by atoms with Crippen LogP contribution in [-0.4, -0.2) is 39.5 Å². The van der Waals surface area contributed by atoms with Crippen LogP contribution in [0.2, 0.25) is 0 Å². The lowest BCUT2D eigenvalue weighted by Gasteiger charge is -2.37. The Bertz CT molecular complexity index is 464. The van der Waals surface area contributed by atoms with E-state index in [0.717, 1.165) is 18.7 Å². The molecule has 2 rings (SSSR count). The van der Waals surface area contributed by atoms with Gasteiger partial charge in [-0.15, -0.1) is 0 Å². The van der Waals surface area contributed by atoms with Crippen LogP contribution in [0.1, 0.15) is 25.0 Å². The maximum atomic E-state index is 8.73. The summed E-state index contributed by atoms with van der Waals surface area (Å²) in [5.41, 5.74) is 7.60. The fourth-order valence-corrected chi connectivity index (χ4v) is 3.50. The van der Waals surface area contributed by atoms with Gasteiger partial charge in [0.05, 0.1) is 0 Å². The normalized spacial score (nSPS) is 25.5. The summed E-state index contributed by atoms with van der Waals surface area (Å²) in [4.78, 5) is 2.49. The zero-order valence-corrected chi connectivity index (χ0v) is 12.2. The highest BCUT2D eigenvalue weighted by Crippen LogP contribution is 2.25. The number of thioether (sulfide) groups is 1. The van der Waals surface area contributed by atoms with Gasteiger partial charge in [-0.1, -0.05) is 30.3 Å². The minimum Gasteiger partial charge on any atom is -0.409 e. The van der Waals surface area contributed by atoms with E-state index in [1.807, 2.05) is 30.0 Å². The van der Waals surface area contributed by atoms with E-state index >= 15 is 0 Å². The first kappa shape index (κ1) is 14.2. The van der Waals surface area contributed by atoms with E-state index in [1.54, 1.807) is 0 Å². The van der Waals surface area contributed by atoms with Crippen molar-refractivity contribution in [1.82, 2.24) is 4.90 Å². The van der Waals surface area contributed by atoms with Gasteiger partial charge in [-0.3, -0.25) is 4.90 Å². The van der Waals surface area contributed by atoms with E-state index in [2.05, 4.69) is 30.0 Å². The molecule has 0 amide bonds. The quantitative estimate of drug-likeness (QED) is 0.385. The SMILES string of the molecule is CC1SCCN(Cc2cccc(/C(N)=N/O)c2)C1C. The minimum atomic E-state index is 0.164. The number of nitrogens with zero attached hydrogens (tertiary/aromatic N) is 2. The summed E-state index contributed by atoms with van der Waals surface area (Å²) in [6.45, 7) is 6.60. The second-order valence-electron chi connectivity index (χ2n) is 4.97. The molecule has 1 aliphatic rings. The first-order valence-corrected chi connectivity index (χ1v) is 7.59. The van der Waals surface area contributed by atoms with Gasteiger partial charge in [-0.05, 0) is 18.6 Å². The molecule has 1 aromatic carbocycles. The average Bonchev–Trinajstić information content (AvgIpc) is 2.43. The molecule has 0 bridgehead atoms. The lowest BCUT2D eigenvalue weighted by Crippen LogP contribution is -2.43. The van der Waals surface area contributed by atoms with E-state index in [9.17, 15) is 0 Å². The number of amidine groups is 1. The van der Waals surface area contributed by atoms with Gasteiger partial charge >= 0.3 is 0 Å². The van der Waals surface area contributed by atoms with Crippen LogP contribution in [0.25, 0.3) is 0 Å². The molecule has 1 saturated heterocycles. The molecular formula is C14H21N3OS. The lowest BCUT2D eigenvalue weighted by atomic mass is 10.1. The van der Waals surface area contributed by atoms with Crippen LogP contribution in [0.5, 0.6) is 0 Å². The van der Waals surface area contributed by atoms with E-state index in [4.69, 9.17) is 10.9 Å². The first-order valence-electron chi connectivity index (χ1n) is 6.54. The zero-order chi connectivity index (χ0) is 13.8. The van der Waals surface area contributed by atoms with E-state index in [-0.39, 0.29) is 5.84 Å². The summed E-state index contributed by atoms with van der Waals surface area (Å²) in [6, 6.07) is 8.47. The Hall–Kier alpha value is -1.20. The summed E-state index contributed by atoms with van der Waals surface area (Å²) in [7, 11) is 0. The Morgan fingerprint density at radius 2 is 2.32 bits per heavy atom. The summed E-state index contributed by atoms with van der Waals surface area (Å²) < 4.78 is 0. The number of oxime groups is 1. The predicted molar refractivity (Wildman–Crippen MR) is 80.7 cm³/mol. The average molecular weight is 279 g/mol. The number of hydrogen-bond acceptors (Lipinski definition) is 4. The molecule has 4 nitrogen and oxygen atoms in total. The topological polar surface area (TPSA) is 61.8 Å².